The number of rotatable bonds is 5. The van der Waals surface area contributed by atoms with Crippen LogP contribution in [0.15, 0.2) is 24.3 Å². The van der Waals surface area contributed by atoms with E-state index in [0.29, 0.717) is 31.2 Å². The van der Waals surface area contributed by atoms with E-state index < -0.39 is 6.03 Å². The Bertz CT molecular complexity index is 653. The number of nitrogens with zero attached hydrogens (tertiary/aromatic N) is 1. The number of benzene rings is 1. The number of urea groups is 1. The van der Waals surface area contributed by atoms with Crippen LogP contribution in [0.5, 0.6) is 0 Å². The normalized spacial score (nSPS) is 20.7. The average molecular weight is 344 g/mol. The van der Waals surface area contributed by atoms with Gasteiger partial charge in [-0.3, -0.25) is 9.59 Å². The Hall–Kier alpha value is -2.57. The van der Waals surface area contributed by atoms with Gasteiger partial charge in [-0.2, -0.15) is 0 Å². The van der Waals surface area contributed by atoms with Crippen LogP contribution in [0, 0.1) is 5.92 Å². The van der Waals surface area contributed by atoms with Gasteiger partial charge >= 0.3 is 6.03 Å². The predicted molar refractivity (Wildman–Crippen MR) is 93.6 cm³/mol. The zero-order valence-electron chi connectivity index (χ0n) is 14.2. The van der Waals surface area contributed by atoms with Crippen LogP contribution >= 0.6 is 0 Å². The largest absolute Gasteiger partial charge is 0.352 e. The standard InChI is InChI=1S/C18H24N4O3/c19-18(25)21-14-7-5-12(6-8-14)10-20-17(24)13-9-16(23)22(11-13)15-3-1-2-4-15/h5-8,13,15H,1-4,9-11H2,(H,20,24)(H3,19,21,25). The summed E-state index contributed by atoms with van der Waals surface area (Å²) in [6.07, 6.45) is 4.78. The monoisotopic (exact) mass is 344 g/mol. The molecular formula is C18H24N4O3. The third kappa shape index (κ3) is 4.29. The van der Waals surface area contributed by atoms with Crippen molar-refractivity contribution < 1.29 is 14.4 Å². The van der Waals surface area contributed by atoms with Crippen molar-refractivity contribution in [3.63, 3.8) is 0 Å². The molecule has 0 aromatic heterocycles. The van der Waals surface area contributed by atoms with E-state index in [1.165, 1.54) is 12.8 Å². The molecule has 1 aromatic carbocycles. The van der Waals surface area contributed by atoms with Gasteiger partial charge in [0, 0.05) is 31.2 Å². The Balaban J connectivity index is 1.49. The molecule has 1 saturated heterocycles. The van der Waals surface area contributed by atoms with Gasteiger partial charge in [-0.25, -0.2) is 4.79 Å². The summed E-state index contributed by atoms with van der Waals surface area (Å²) >= 11 is 0. The second-order valence-corrected chi connectivity index (χ2v) is 6.79. The fourth-order valence-corrected chi connectivity index (χ4v) is 3.66. The lowest BCUT2D eigenvalue weighted by Gasteiger charge is -2.23. The number of carbonyl (C=O) groups excluding carboxylic acids is 3. The van der Waals surface area contributed by atoms with Crippen molar-refractivity contribution in [3.8, 4) is 0 Å². The Labute approximate surface area is 146 Å². The summed E-state index contributed by atoms with van der Waals surface area (Å²) in [5.74, 6) is -0.231. The minimum absolute atomic E-state index is 0.0758. The Kier molecular flexibility index (Phi) is 5.21. The zero-order chi connectivity index (χ0) is 17.8. The van der Waals surface area contributed by atoms with E-state index in [1.807, 2.05) is 17.0 Å². The van der Waals surface area contributed by atoms with Crippen molar-refractivity contribution in [2.75, 3.05) is 11.9 Å². The minimum Gasteiger partial charge on any atom is -0.352 e. The maximum absolute atomic E-state index is 12.4. The number of nitrogens with two attached hydrogens (primary N) is 1. The van der Waals surface area contributed by atoms with E-state index in [1.54, 1.807) is 12.1 Å². The summed E-state index contributed by atoms with van der Waals surface area (Å²) in [7, 11) is 0. The van der Waals surface area contributed by atoms with Gasteiger partial charge in [0.1, 0.15) is 0 Å². The molecule has 4 amide bonds. The number of carbonyl (C=O) groups is 3. The van der Waals surface area contributed by atoms with Gasteiger partial charge in [0.15, 0.2) is 0 Å². The highest BCUT2D eigenvalue weighted by atomic mass is 16.2. The maximum atomic E-state index is 12.4. The molecule has 7 nitrogen and oxygen atoms in total. The number of nitrogens with one attached hydrogen (secondary N) is 2. The van der Waals surface area contributed by atoms with Gasteiger partial charge < -0.3 is 21.3 Å². The summed E-state index contributed by atoms with van der Waals surface area (Å²) in [5, 5.41) is 5.39. The third-order valence-electron chi connectivity index (χ3n) is 4.98. The molecule has 0 bridgehead atoms. The van der Waals surface area contributed by atoms with Gasteiger partial charge in [-0.1, -0.05) is 25.0 Å². The molecule has 134 valence electrons. The summed E-state index contributed by atoms with van der Waals surface area (Å²) in [6.45, 7) is 0.931. The molecule has 2 fully saturated rings. The molecule has 4 N–H and O–H groups in total. The lowest BCUT2D eigenvalue weighted by atomic mass is 10.1. The van der Waals surface area contributed by atoms with E-state index in [-0.39, 0.29) is 17.7 Å². The molecule has 1 unspecified atom stereocenters. The highest BCUT2D eigenvalue weighted by Crippen LogP contribution is 2.29. The Morgan fingerprint density at radius 3 is 2.48 bits per heavy atom. The molecule has 1 aliphatic carbocycles. The van der Waals surface area contributed by atoms with E-state index >= 15 is 0 Å². The van der Waals surface area contributed by atoms with E-state index in [2.05, 4.69) is 10.6 Å². The Morgan fingerprint density at radius 2 is 1.84 bits per heavy atom. The van der Waals surface area contributed by atoms with Gasteiger partial charge in [-0.05, 0) is 30.5 Å². The van der Waals surface area contributed by atoms with E-state index in [9.17, 15) is 14.4 Å². The fraction of sp³-hybridized carbons (Fsp3) is 0.500. The SMILES string of the molecule is NC(=O)Nc1ccc(CNC(=O)C2CC(=O)N(C3CCCC3)C2)cc1. The van der Waals surface area contributed by atoms with Crippen LogP contribution in [0.3, 0.4) is 0 Å². The van der Waals surface area contributed by atoms with Crippen LogP contribution in [0.4, 0.5) is 10.5 Å². The summed E-state index contributed by atoms with van der Waals surface area (Å²) in [6, 6.07) is 6.81. The van der Waals surface area contributed by atoms with Crippen LogP contribution in [-0.2, 0) is 16.1 Å². The first-order chi connectivity index (χ1) is 12.0. The number of likely N-dealkylation sites (tertiary alicyclic amines) is 1. The molecule has 1 saturated carbocycles. The number of anilines is 1. The second kappa shape index (κ2) is 7.55. The van der Waals surface area contributed by atoms with Crippen molar-refractivity contribution in [3.05, 3.63) is 29.8 Å². The van der Waals surface area contributed by atoms with Crippen LogP contribution in [0.1, 0.15) is 37.7 Å². The van der Waals surface area contributed by atoms with E-state index in [0.717, 1.165) is 18.4 Å². The first-order valence-electron chi connectivity index (χ1n) is 8.75. The lowest BCUT2D eigenvalue weighted by Crippen LogP contribution is -2.36. The highest BCUT2D eigenvalue weighted by Gasteiger charge is 2.38. The molecule has 0 spiro atoms. The maximum Gasteiger partial charge on any atom is 0.316 e. The van der Waals surface area contributed by atoms with E-state index in [4.69, 9.17) is 5.73 Å². The van der Waals surface area contributed by atoms with Gasteiger partial charge in [0.25, 0.3) is 0 Å². The molecule has 0 radical (unpaired) electrons. The molecule has 3 rings (SSSR count). The molecule has 2 aliphatic rings. The van der Waals surface area contributed by atoms with Gasteiger partial charge in [0.2, 0.25) is 11.8 Å². The summed E-state index contributed by atoms with van der Waals surface area (Å²) in [4.78, 5) is 37.2. The zero-order valence-corrected chi connectivity index (χ0v) is 14.2. The summed E-state index contributed by atoms with van der Waals surface area (Å²) < 4.78 is 0. The first-order valence-corrected chi connectivity index (χ1v) is 8.75. The Morgan fingerprint density at radius 1 is 1.16 bits per heavy atom. The van der Waals surface area contributed by atoms with Crippen molar-refractivity contribution in [2.45, 2.75) is 44.7 Å². The van der Waals surface area contributed by atoms with Crippen molar-refractivity contribution in [1.82, 2.24) is 10.2 Å². The number of amides is 4. The molecule has 1 aliphatic heterocycles. The number of hydrogen-bond acceptors (Lipinski definition) is 3. The molecule has 1 heterocycles. The van der Waals surface area contributed by atoms with Gasteiger partial charge in [0.05, 0.1) is 5.92 Å². The third-order valence-corrected chi connectivity index (χ3v) is 4.98. The minimum atomic E-state index is -0.612. The topological polar surface area (TPSA) is 105 Å². The fourth-order valence-electron chi connectivity index (χ4n) is 3.66. The van der Waals surface area contributed by atoms with Gasteiger partial charge in [-0.15, -0.1) is 0 Å². The lowest BCUT2D eigenvalue weighted by molar-refractivity contribution is -0.130. The van der Waals surface area contributed by atoms with Crippen LogP contribution < -0.4 is 16.4 Å². The van der Waals surface area contributed by atoms with Crippen molar-refractivity contribution >= 4 is 23.5 Å². The number of primary amides is 1. The average Bonchev–Trinajstić information content (AvgIpc) is 3.22. The molecule has 7 heteroatoms. The quantitative estimate of drug-likeness (QED) is 0.755. The predicted octanol–water partition coefficient (Wildman–Crippen LogP) is 1.58. The highest BCUT2D eigenvalue weighted by molar-refractivity contribution is 5.89. The molecular weight excluding hydrogens is 320 g/mol. The van der Waals surface area contributed by atoms with Crippen molar-refractivity contribution in [2.24, 2.45) is 11.7 Å². The smallest absolute Gasteiger partial charge is 0.316 e. The van der Waals surface area contributed by atoms with Crippen LogP contribution in [-0.4, -0.2) is 35.3 Å². The van der Waals surface area contributed by atoms with Crippen molar-refractivity contribution in [1.29, 1.82) is 0 Å². The number of hydrogen-bond donors (Lipinski definition) is 3. The summed E-state index contributed by atoms with van der Waals surface area (Å²) in [5.41, 5.74) is 6.58. The van der Waals surface area contributed by atoms with Crippen LogP contribution in [0.25, 0.3) is 0 Å². The molecule has 25 heavy (non-hydrogen) atoms. The van der Waals surface area contributed by atoms with Crippen LogP contribution in [0.2, 0.25) is 0 Å². The molecule has 1 atom stereocenters. The second-order valence-electron chi connectivity index (χ2n) is 6.79. The molecule has 1 aromatic rings. The first kappa shape index (κ1) is 17.3.